The third-order valence-electron chi connectivity index (χ3n) is 16.2. The maximum absolute atomic E-state index is 15.1. The van der Waals surface area contributed by atoms with Gasteiger partial charge in [-0.15, -0.1) is 0 Å². The minimum Gasteiger partial charge on any atom is -0.390 e. The molecule has 1 aliphatic rings. The van der Waals surface area contributed by atoms with E-state index in [4.69, 9.17) is 0 Å². The number of aliphatic hydroxyl groups is 1. The van der Waals surface area contributed by atoms with Crippen molar-refractivity contribution in [2.45, 2.75) is 229 Å². The van der Waals surface area contributed by atoms with Crippen molar-refractivity contribution in [2.75, 3.05) is 55.9 Å². The van der Waals surface area contributed by atoms with Gasteiger partial charge in [0.15, 0.2) is 0 Å². The van der Waals surface area contributed by atoms with Gasteiger partial charge < -0.3 is 60.7 Å². The van der Waals surface area contributed by atoms with Gasteiger partial charge in [0.1, 0.15) is 60.4 Å². The van der Waals surface area contributed by atoms with Gasteiger partial charge in [0.25, 0.3) is 0 Å². The van der Waals surface area contributed by atoms with Crippen molar-refractivity contribution in [3.05, 3.63) is 12.2 Å². The van der Waals surface area contributed by atoms with Crippen LogP contribution in [0.3, 0.4) is 0 Å². The van der Waals surface area contributed by atoms with E-state index < -0.39 is 155 Å². The average Bonchev–Trinajstić information content (AvgIpc) is 3.62. The topological polar surface area (TPSA) is 279 Å². The van der Waals surface area contributed by atoms with Crippen LogP contribution in [0, 0.1) is 35.0 Å². The Morgan fingerprint density at radius 2 is 1.01 bits per heavy atom. The van der Waals surface area contributed by atoms with Crippen molar-refractivity contribution in [3.8, 4) is 0 Å². The molecule has 0 spiro atoms. The monoisotopic (exact) mass is 1200 g/mol. The lowest BCUT2D eigenvalue weighted by Gasteiger charge is -2.41. The lowest BCUT2D eigenvalue weighted by Crippen LogP contribution is -2.63. The summed E-state index contributed by atoms with van der Waals surface area (Å²) in [5, 5.41) is 23.2. The first-order chi connectivity index (χ1) is 39.2. The Labute approximate surface area is 508 Å². The van der Waals surface area contributed by atoms with Gasteiger partial charge in [0.2, 0.25) is 65.0 Å². The molecule has 0 aromatic carbocycles. The molecular formula is C62H111N11O12. The summed E-state index contributed by atoms with van der Waals surface area (Å²) in [5.74, 6) is -9.09. The van der Waals surface area contributed by atoms with Crippen LogP contribution in [0.15, 0.2) is 12.2 Å². The van der Waals surface area contributed by atoms with Gasteiger partial charge in [-0.2, -0.15) is 0 Å². The quantitative estimate of drug-likeness (QED) is 0.157. The molecule has 1 saturated heterocycles. The molecule has 1 rings (SSSR count). The molecule has 0 aliphatic carbocycles. The van der Waals surface area contributed by atoms with E-state index in [0.29, 0.717) is 12.8 Å². The summed E-state index contributed by atoms with van der Waals surface area (Å²) in [6.45, 7) is 29.2. The van der Waals surface area contributed by atoms with E-state index in [0.717, 1.165) is 9.80 Å². The van der Waals surface area contributed by atoms with Crippen molar-refractivity contribution in [1.82, 2.24) is 55.6 Å². The van der Waals surface area contributed by atoms with Crippen molar-refractivity contribution in [3.63, 3.8) is 0 Å². The molecule has 0 aromatic rings. The van der Waals surface area contributed by atoms with Crippen molar-refractivity contribution < 1.29 is 57.8 Å². The van der Waals surface area contributed by atoms with Gasteiger partial charge in [0, 0.05) is 49.3 Å². The molecule has 0 unspecified atom stereocenters. The molecule has 0 bridgehead atoms. The Morgan fingerprint density at radius 3 is 1.47 bits per heavy atom. The Kier molecular flexibility index (Phi) is 31.0. The maximum Gasteiger partial charge on any atom is 0.246 e. The summed E-state index contributed by atoms with van der Waals surface area (Å²) in [6.07, 6.45) is 3.46. The Balaban J connectivity index is 4.33. The summed E-state index contributed by atoms with van der Waals surface area (Å²) in [7, 11) is 9.88. The van der Waals surface area contributed by atoms with Crippen LogP contribution in [0.25, 0.3) is 0 Å². The highest BCUT2D eigenvalue weighted by atomic mass is 16.3. The summed E-state index contributed by atoms with van der Waals surface area (Å²) < 4.78 is 0. The summed E-state index contributed by atoms with van der Waals surface area (Å²) in [4.78, 5) is 169. The van der Waals surface area contributed by atoms with E-state index in [9.17, 15) is 43.5 Å². The summed E-state index contributed by atoms with van der Waals surface area (Å²) >= 11 is 0. The number of carbonyl (C=O) groups excluding carboxylic acids is 11. The van der Waals surface area contributed by atoms with Gasteiger partial charge >= 0.3 is 0 Å². The first kappa shape index (κ1) is 76.9. The molecule has 12 atom stereocenters. The Morgan fingerprint density at radius 1 is 0.529 bits per heavy atom. The Bertz CT molecular complexity index is 2340. The molecule has 0 radical (unpaired) electrons. The summed E-state index contributed by atoms with van der Waals surface area (Å²) in [5.41, 5.74) is -0.940. The number of likely N-dealkylation sites (N-methyl/N-ethyl adjacent to an activating group) is 7. The molecule has 11 amide bonds. The third-order valence-corrected chi connectivity index (χ3v) is 16.2. The normalized spacial score (nSPS) is 27.0. The number of hydrogen-bond donors (Lipinski definition) is 5. The maximum atomic E-state index is 15.1. The zero-order valence-electron chi connectivity index (χ0n) is 56.1. The molecule has 23 heteroatoms. The highest BCUT2D eigenvalue weighted by Crippen LogP contribution is 2.26. The number of rotatable bonds is 14. The largest absolute Gasteiger partial charge is 0.390 e. The number of allylic oxidation sites excluding steroid dienone is 2. The fourth-order valence-corrected chi connectivity index (χ4v) is 10.6. The molecule has 1 heterocycles. The number of nitrogens with zero attached hydrogens (tertiary/aromatic N) is 7. The predicted octanol–water partition coefficient (Wildman–Crippen LogP) is 3.41. The van der Waals surface area contributed by atoms with Gasteiger partial charge in [-0.25, -0.2) is 0 Å². The summed E-state index contributed by atoms with van der Waals surface area (Å²) in [6, 6.07) is -12.4. The number of hydrogen-bond acceptors (Lipinski definition) is 12. The van der Waals surface area contributed by atoms with Gasteiger partial charge in [0.05, 0.1) is 12.6 Å². The molecule has 0 aromatic heterocycles. The van der Waals surface area contributed by atoms with Crippen molar-refractivity contribution in [1.29, 1.82) is 0 Å². The first-order valence-electron chi connectivity index (χ1n) is 30.5. The minimum atomic E-state index is -1.61. The highest BCUT2D eigenvalue weighted by molar-refractivity contribution is 5.99. The third kappa shape index (κ3) is 21.4. The zero-order valence-corrected chi connectivity index (χ0v) is 56.1. The smallest absolute Gasteiger partial charge is 0.246 e. The van der Waals surface area contributed by atoms with Crippen LogP contribution in [0.2, 0.25) is 0 Å². The lowest BCUT2D eigenvalue weighted by atomic mass is 9.85. The number of amides is 11. The predicted molar refractivity (Wildman–Crippen MR) is 329 cm³/mol. The number of carbonyl (C=O) groups is 11. The van der Waals surface area contributed by atoms with E-state index in [1.165, 1.54) is 87.7 Å². The first-order valence-corrected chi connectivity index (χ1v) is 30.5. The van der Waals surface area contributed by atoms with Crippen LogP contribution in [-0.2, 0) is 52.7 Å². The van der Waals surface area contributed by atoms with Crippen LogP contribution in [0.1, 0.15) is 163 Å². The van der Waals surface area contributed by atoms with Crippen LogP contribution >= 0.6 is 0 Å². The van der Waals surface area contributed by atoms with E-state index in [2.05, 4.69) is 21.3 Å². The average molecular weight is 1200 g/mol. The molecular weight excluding hydrogens is 1090 g/mol. The second-order valence-electron chi connectivity index (χ2n) is 26.3. The Hall–Kier alpha value is -6.13. The van der Waals surface area contributed by atoms with Crippen LogP contribution in [0.4, 0.5) is 0 Å². The van der Waals surface area contributed by atoms with E-state index in [-0.39, 0.29) is 49.9 Å². The van der Waals surface area contributed by atoms with Crippen molar-refractivity contribution in [2.24, 2.45) is 35.0 Å². The standard InChI is InChI=1S/C62H111N11O12/c1-25-28-30-39(12)50(75)49-55(79)64-42(27-3)57(81)67(18)34-47(74)69(20)44(29-26-2)54(78)66-51(62(15,16)17)61(85)68(19)41(14)52(76)65-43(31-35(4)5)53(77)63-40(13)56(80)70(21)45(32-36(6)7)58(82)71(22)46(33-37(8)9)59(83)72(23)48(38(10)11)60(84)73(49)24/h25,28,35-46,48-51,75H,26-27,29-34H2,1-24H3,(H,63,77)(H,64,79)(H,65,76)(H,66,78)/b28-25+/t39-,40-,41+,42+,43+,44+,45+,46-,48+,49+,50-,51-/m1/s1. The molecule has 1 fully saturated rings. The van der Waals surface area contributed by atoms with Gasteiger partial charge in [-0.1, -0.05) is 116 Å². The fourth-order valence-electron chi connectivity index (χ4n) is 10.6. The zero-order chi connectivity index (χ0) is 66.0. The second-order valence-corrected chi connectivity index (χ2v) is 26.3. The van der Waals surface area contributed by atoms with Crippen molar-refractivity contribution >= 4 is 65.0 Å². The van der Waals surface area contributed by atoms with Crippen LogP contribution < -0.4 is 21.3 Å². The van der Waals surface area contributed by atoms with Gasteiger partial charge in [-0.05, 0) is 94.3 Å². The molecule has 5 N–H and O–H groups in total. The molecule has 1 aliphatic heterocycles. The van der Waals surface area contributed by atoms with E-state index in [1.807, 2.05) is 48.5 Å². The van der Waals surface area contributed by atoms with E-state index >= 15 is 14.4 Å². The molecule has 23 nitrogen and oxygen atoms in total. The minimum absolute atomic E-state index is 0.0230. The molecule has 486 valence electrons. The number of nitrogens with one attached hydrogen (secondary N) is 4. The molecule has 0 saturated carbocycles. The second kappa shape index (κ2) is 34.3. The van der Waals surface area contributed by atoms with Crippen LogP contribution in [0.5, 0.6) is 0 Å². The fraction of sp³-hybridized carbons (Fsp3) is 0.790. The van der Waals surface area contributed by atoms with Crippen LogP contribution in [-0.4, -0.2) is 227 Å². The number of aliphatic hydroxyl groups excluding tert-OH is 1. The lowest BCUT2D eigenvalue weighted by molar-refractivity contribution is -0.157. The van der Waals surface area contributed by atoms with Gasteiger partial charge in [-0.3, -0.25) is 52.7 Å². The highest BCUT2D eigenvalue weighted by Gasteiger charge is 2.46. The SMILES string of the molecule is C/C=C/C[C@@H](C)[C@@H](O)[C@H]1C(=O)N[C@@H](CC)C(=O)N(C)CC(=O)N(C)[C@@H](CCC)C(=O)N[C@@H](C(C)(C)C)C(=O)N(C)[C@@H](C)C(=O)N[C@@H](CC(C)C)C(=O)N[C@H](C)C(=O)N(C)[C@@H](CC(C)C)C(=O)N(C)[C@H](CC(C)C)C(=O)N(C)[C@@H](C(C)C)C(=O)N1C. The molecule has 85 heavy (non-hydrogen) atoms. The van der Waals surface area contributed by atoms with E-state index in [1.54, 1.807) is 67.5 Å².